The molecule has 45 heavy (non-hydrogen) atoms. The van der Waals surface area contributed by atoms with Gasteiger partial charge in [-0.3, -0.25) is 14.6 Å². The lowest BCUT2D eigenvalue weighted by molar-refractivity contribution is -0.117. The summed E-state index contributed by atoms with van der Waals surface area (Å²) in [7, 11) is 1.55. The van der Waals surface area contributed by atoms with Crippen molar-refractivity contribution in [2.45, 2.75) is 13.5 Å². The quantitative estimate of drug-likeness (QED) is 0.161. The normalized spacial score (nSPS) is 10.7. The van der Waals surface area contributed by atoms with Gasteiger partial charge in [-0.05, 0) is 61.5 Å². The second-order valence-corrected chi connectivity index (χ2v) is 10.7. The minimum atomic E-state index is -0.607. The fourth-order valence-corrected chi connectivity index (χ4v) is 5.03. The van der Waals surface area contributed by atoms with Crippen LogP contribution in [0.25, 0.3) is 10.9 Å². The van der Waals surface area contributed by atoms with Crippen LogP contribution in [-0.2, 0) is 11.4 Å². The Balaban J connectivity index is 1.19. The van der Waals surface area contributed by atoms with Gasteiger partial charge in [-0.2, -0.15) is 0 Å². The van der Waals surface area contributed by atoms with Crippen molar-refractivity contribution in [3.8, 4) is 5.75 Å². The second kappa shape index (κ2) is 14.1. The van der Waals surface area contributed by atoms with Gasteiger partial charge in [0.2, 0.25) is 5.91 Å². The molecule has 2 heterocycles. The highest BCUT2D eigenvalue weighted by molar-refractivity contribution is 6.38. The number of urea groups is 1. The van der Waals surface area contributed by atoms with Gasteiger partial charge in [-0.15, -0.1) is 0 Å². The number of rotatable bonds is 9. The summed E-state index contributed by atoms with van der Waals surface area (Å²) in [6.07, 6.45) is 3.05. The van der Waals surface area contributed by atoms with Crippen molar-refractivity contribution < 1.29 is 19.1 Å². The van der Waals surface area contributed by atoms with E-state index in [1.54, 1.807) is 55.6 Å². The van der Waals surface area contributed by atoms with Crippen LogP contribution in [-0.4, -0.2) is 41.4 Å². The van der Waals surface area contributed by atoms with E-state index >= 15 is 0 Å². The van der Waals surface area contributed by atoms with E-state index in [0.717, 1.165) is 16.6 Å². The zero-order valence-electron chi connectivity index (χ0n) is 24.3. The van der Waals surface area contributed by atoms with Crippen LogP contribution in [0.5, 0.6) is 5.75 Å². The number of nitrogens with one attached hydrogen (secondary N) is 3. The number of aromatic nitrogens is 2. The molecule has 2 aromatic heterocycles. The molecular weight excluding hydrogens is 615 g/mol. The highest BCUT2D eigenvalue weighted by Crippen LogP contribution is 2.35. The fraction of sp³-hybridized carbons (Fsp3) is 0.121. The summed E-state index contributed by atoms with van der Waals surface area (Å²) in [5, 5.41) is 9.53. The molecule has 4 amide bonds. The Kier molecular flexibility index (Phi) is 9.76. The predicted octanol–water partition coefficient (Wildman–Crippen LogP) is 6.86. The minimum Gasteiger partial charge on any atom is -0.487 e. The van der Waals surface area contributed by atoms with Gasteiger partial charge in [0, 0.05) is 58.0 Å². The maximum Gasteiger partial charge on any atom is 0.319 e. The van der Waals surface area contributed by atoms with E-state index in [2.05, 4.69) is 25.9 Å². The number of carbonyl (C=O) groups excluding carboxylic acids is 3. The van der Waals surface area contributed by atoms with E-state index in [0.29, 0.717) is 39.0 Å². The SMILES string of the molecule is Cc1ccc2cccc(OCc3c(Cl)ccc(N(C)C(=O)CNC(=O)Nc4cccc(NC(=O)c5ccncc5)c4)c3Cl)c2n1. The molecule has 0 saturated heterocycles. The maximum atomic E-state index is 13.0. The Morgan fingerprint density at radius 3 is 2.40 bits per heavy atom. The molecule has 0 aliphatic heterocycles. The van der Waals surface area contributed by atoms with E-state index in [1.807, 2.05) is 37.3 Å². The molecule has 0 aliphatic carbocycles. The zero-order chi connectivity index (χ0) is 31.9. The molecule has 0 spiro atoms. The maximum absolute atomic E-state index is 13.0. The van der Waals surface area contributed by atoms with Crippen molar-refractivity contribution in [1.82, 2.24) is 15.3 Å². The Bertz CT molecular complexity index is 1890. The molecule has 10 nitrogen and oxygen atoms in total. The molecule has 5 aromatic rings. The van der Waals surface area contributed by atoms with Crippen molar-refractivity contribution in [3.05, 3.63) is 118 Å². The first kappa shape index (κ1) is 31.2. The molecule has 228 valence electrons. The van der Waals surface area contributed by atoms with Crippen LogP contribution in [0, 0.1) is 6.92 Å². The smallest absolute Gasteiger partial charge is 0.319 e. The van der Waals surface area contributed by atoms with E-state index in [4.69, 9.17) is 27.9 Å². The Labute approximate surface area is 269 Å². The van der Waals surface area contributed by atoms with Gasteiger partial charge in [0.15, 0.2) is 0 Å². The Hall–Kier alpha value is -5.19. The molecule has 0 bridgehead atoms. The van der Waals surface area contributed by atoms with Crippen molar-refractivity contribution in [2.75, 3.05) is 29.1 Å². The third-order valence-electron chi connectivity index (χ3n) is 6.82. The van der Waals surface area contributed by atoms with Gasteiger partial charge < -0.3 is 25.6 Å². The number of carbonyl (C=O) groups is 3. The van der Waals surface area contributed by atoms with Crippen LogP contribution in [0.4, 0.5) is 21.9 Å². The van der Waals surface area contributed by atoms with Crippen LogP contribution in [0.2, 0.25) is 10.0 Å². The number of nitrogens with zero attached hydrogens (tertiary/aromatic N) is 3. The van der Waals surface area contributed by atoms with Crippen molar-refractivity contribution in [1.29, 1.82) is 0 Å². The third kappa shape index (κ3) is 7.67. The number of anilines is 3. The summed E-state index contributed by atoms with van der Waals surface area (Å²) >= 11 is 13.2. The number of halogens is 2. The van der Waals surface area contributed by atoms with Gasteiger partial charge in [0.1, 0.15) is 17.9 Å². The number of fused-ring (bicyclic) bond motifs is 1. The highest BCUT2D eigenvalue weighted by Gasteiger charge is 2.20. The number of hydrogen-bond donors (Lipinski definition) is 3. The standard InChI is InChI=1S/C33H28Cl2N6O4/c1-20-9-10-21-5-3-8-28(31(21)38-20)45-19-25-26(34)11-12-27(30(25)35)41(2)29(42)18-37-33(44)40-24-7-4-6-23(17-24)39-32(43)22-13-15-36-16-14-22/h3-17H,18-19H2,1-2H3,(H,39,43)(H2,37,40,44). The number of pyridine rings is 2. The van der Waals surface area contributed by atoms with Gasteiger partial charge in [0.25, 0.3) is 5.91 Å². The van der Waals surface area contributed by atoms with Gasteiger partial charge in [0.05, 0.1) is 17.3 Å². The van der Waals surface area contributed by atoms with E-state index < -0.39 is 11.9 Å². The predicted molar refractivity (Wildman–Crippen MR) is 176 cm³/mol. The number of amides is 4. The van der Waals surface area contributed by atoms with Gasteiger partial charge >= 0.3 is 6.03 Å². The average molecular weight is 644 g/mol. The summed E-state index contributed by atoms with van der Waals surface area (Å²) in [4.78, 5) is 47.8. The number of likely N-dealkylation sites (N-methyl/N-ethyl adjacent to an activating group) is 1. The Morgan fingerprint density at radius 2 is 1.62 bits per heavy atom. The van der Waals surface area contributed by atoms with Crippen LogP contribution in [0.15, 0.2) is 91.3 Å². The molecule has 0 atom stereocenters. The summed E-state index contributed by atoms with van der Waals surface area (Å²) in [5.74, 6) is -0.160. The van der Waals surface area contributed by atoms with Crippen molar-refractivity contribution >= 4 is 69.0 Å². The summed E-state index contributed by atoms with van der Waals surface area (Å²) < 4.78 is 6.08. The van der Waals surface area contributed by atoms with Crippen molar-refractivity contribution in [3.63, 3.8) is 0 Å². The van der Waals surface area contributed by atoms with Crippen LogP contribution >= 0.6 is 23.2 Å². The molecule has 12 heteroatoms. The molecule has 0 radical (unpaired) electrons. The van der Waals surface area contributed by atoms with E-state index in [9.17, 15) is 14.4 Å². The second-order valence-electron chi connectivity index (χ2n) is 9.96. The molecule has 0 fully saturated rings. The number of hydrogen-bond acceptors (Lipinski definition) is 6. The first-order chi connectivity index (χ1) is 21.7. The van der Waals surface area contributed by atoms with Crippen LogP contribution in [0.1, 0.15) is 21.6 Å². The number of benzene rings is 3. The van der Waals surface area contributed by atoms with E-state index in [1.165, 1.54) is 17.3 Å². The number of aryl methyl sites for hydroxylation is 1. The van der Waals surface area contributed by atoms with Gasteiger partial charge in [-0.1, -0.05) is 47.5 Å². The first-order valence-corrected chi connectivity index (χ1v) is 14.5. The zero-order valence-corrected chi connectivity index (χ0v) is 25.8. The lowest BCUT2D eigenvalue weighted by Gasteiger charge is -2.21. The summed E-state index contributed by atoms with van der Waals surface area (Å²) in [6, 6.07) is 22.0. The molecule has 0 saturated carbocycles. The van der Waals surface area contributed by atoms with Crippen LogP contribution in [0.3, 0.4) is 0 Å². The largest absolute Gasteiger partial charge is 0.487 e. The number of para-hydroxylation sites is 1. The molecule has 0 aliphatic rings. The lowest BCUT2D eigenvalue weighted by Crippen LogP contribution is -2.40. The first-order valence-electron chi connectivity index (χ1n) is 13.8. The van der Waals surface area contributed by atoms with Gasteiger partial charge in [-0.25, -0.2) is 9.78 Å². The third-order valence-corrected chi connectivity index (χ3v) is 7.59. The molecule has 3 aromatic carbocycles. The molecule has 0 unspecified atom stereocenters. The average Bonchev–Trinajstić information content (AvgIpc) is 3.04. The van der Waals surface area contributed by atoms with Crippen LogP contribution < -0.4 is 25.6 Å². The summed E-state index contributed by atoms with van der Waals surface area (Å²) in [6.45, 7) is 1.64. The highest BCUT2D eigenvalue weighted by atomic mass is 35.5. The number of ether oxygens (including phenoxy) is 1. The monoisotopic (exact) mass is 642 g/mol. The fourth-order valence-electron chi connectivity index (χ4n) is 4.43. The minimum absolute atomic E-state index is 0.0466. The lowest BCUT2D eigenvalue weighted by atomic mass is 10.1. The Morgan fingerprint density at radius 1 is 0.889 bits per heavy atom. The van der Waals surface area contributed by atoms with Crippen molar-refractivity contribution in [2.24, 2.45) is 0 Å². The van der Waals surface area contributed by atoms with E-state index in [-0.39, 0.29) is 24.1 Å². The topological polar surface area (TPSA) is 126 Å². The molecular formula is C33H28Cl2N6O4. The molecule has 3 N–H and O–H groups in total. The summed E-state index contributed by atoms with van der Waals surface area (Å²) in [5.41, 5.74) is 3.83. The molecule has 5 rings (SSSR count).